The molecule has 2 heterocycles. The SMILES string of the molecule is O=C(O)Cn1cc(CNC(=O)c2cccc(OCC3CCCO3)c2)nn1. The van der Waals surface area contributed by atoms with Crippen LogP contribution >= 0.6 is 0 Å². The Bertz CT molecular complexity index is 770. The number of amides is 1. The van der Waals surface area contributed by atoms with E-state index in [-0.39, 0.29) is 25.1 Å². The largest absolute Gasteiger partial charge is 0.491 e. The van der Waals surface area contributed by atoms with E-state index in [1.165, 1.54) is 10.9 Å². The van der Waals surface area contributed by atoms with Gasteiger partial charge in [0.05, 0.1) is 18.8 Å². The third-order valence-corrected chi connectivity index (χ3v) is 3.87. The Morgan fingerprint density at radius 3 is 3.08 bits per heavy atom. The van der Waals surface area contributed by atoms with Crippen molar-refractivity contribution in [1.29, 1.82) is 0 Å². The highest BCUT2D eigenvalue weighted by Gasteiger charge is 2.16. The van der Waals surface area contributed by atoms with Gasteiger partial charge in [-0.15, -0.1) is 5.10 Å². The van der Waals surface area contributed by atoms with Gasteiger partial charge in [-0.25, -0.2) is 4.68 Å². The van der Waals surface area contributed by atoms with Crippen molar-refractivity contribution in [2.24, 2.45) is 0 Å². The fourth-order valence-electron chi connectivity index (χ4n) is 2.60. The fourth-order valence-corrected chi connectivity index (χ4v) is 2.60. The number of hydrogen-bond donors (Lipinski definition) is 2. The molecule has 0 saturated carbocycles. The second-order valence-electron chi connectivity index (χ2n) is 5.96. The van der Waals surface area contributed by atoms with Gasteiger partial charge in [-0.2, -0.15) is 0 Å². The summed E-state index contributed by atoms with van der Waals surface area (Å²) in [5, 5.41) is 18.9. The molecule has 9 nitrogen and oxygen atoms in total. The van der Waals surface area contributed by atoms with Gasteiger partial charge in [0.2, 0.25) is 0 Å². The molecule has 1 atom stereocenters. The molecule has 0 aliphatic carbocycles. The van der Waals surface area contributed by atoms with Crippen molar-refractivity contribution < 1.29 is 24.2 Å². The molecule has 1 unspecified atom stereocenters. The van der Waals surface area contributed by atoms with Crippen LogP contribution in [0.3, 0.4) is 0 Å². The van der Waals surface area contributed by atoms with E-state index in [9.17, 15) is 9.59 Å². The molecule has 2 N–H and O–H groups in total. The predicted molar refractivity (Wildman–Crippen MR) is 89.7 cm³/mol. The summed E-state index contributed by atoms with van der Waals surface area (Å²) >= 11 is 0. The number of aliphatic carboxylic acids is 1. The highest BCUT2D eigenvalue weighted by atomic mass is 16.5. The van der Waals surface area contributed by atoms with Crippen LogP contribution in [0.2, 0.25) is 0 Å². The minimum Gasteiger partial charge on any atom is -0.491 e. The summed E-state index contributed by atoms with van der Waals surface area (Å²) in [5.41, 5.74) is 0.943. The molecule has 3 rings (SSSR count). The van der Waals surface area contributed by atoms with Crippen LogP contribution in [-0.2, 0) is 22.6 Å². The average Bonchev–Trinajstić information content (AvgIpc) is 3.29. The average molecular weight is 360 g/mol. The Kier molecular flexibility index (Phi) is 5.80. The van der Waals surface area contributed by atoms with Crippen molar-refractivity contribution in [3.8, 4) is 5.75 Å². The molecule has 0 radical (unpaired) electrons. The molecule has 9 heteroatoms. The third-order valence-electron chi connectivity index (χ3n) is 3.87. The van der Waals surface area contributed by atoms with E-state index < -0.39 is 5.97 Å². The molecule has 0 spiro atoms. The van der Waals surface area contributed by atoms with E-state index in [1.807, 2.05) is 0 Å². The molecule has 26 heavy (non-hydrogen) atoms. The quantitative estimate of drug-likeness (QED) is 0.717. The maximum Gasteiger partial charge on any atom is 0.325 e. The topological polar surface area (TPSA) is 116 Å². The van der Waals surface area contributed by atoms with E-state index in [2.05, 4.69) is 15.6 Å². The Balaban J connectivity index is 1.51. The van der Waals surface area contributed by atoms with Crippen LogP contribution in [0.4, 0.5) is 0 Å². The second kappa shape index (κ2) is 8.43. The summed E-state index contributed by atoms with van der Waals surface area (Å²) in [6.45, 7) is 1.12. The lowest BCUT2D eigenvalue weighted by molar-refractivity contribution is -0.137. The Morgan fingerprint density at radius 1 is 1.42 bits per heavy atom. The molecule has 2 aromatic rings. The number of carboxylic acid groups (broad SMARTS) is 1. The van der Waals surface area contributed by atoms with Crippen LogP contribution in [0, 0.1) is 0 Å². The molecular weight excluding hydrogens is 340 g/mol. The summed E-state index contributed by atoms with van der Waals surface area (Å²) in [7, 11) is 0. The van der Waals surface area contributed by atoms with Crippen molar-refractivity contribution >= 4 is 11.9 Å². The van der Waals surface area contributed by atoms with Gasteiger partial charge in [-0.05, 0) is 31.0 Å². The number of ether oxygens (including phenoxy) is 2. The van der Waals surface area contributed by atoms with Crippen molar-refractivity contribution in [3.63, 3.8) is 0 Å². The zero-order valence-corrected chi connectivity index (χ0v) is 14.1. The summed E-state index contributed by atoms with van der Waals surface area (Å²) in [4.78, 5) is 22.9. The molecule has 1 saturated heterocycles. The van der Waals surface area contributed by atoms with Gasteiger partial charge in [0.25, 0.3) is 5.91 Å². The van der Waals surface area contributed by atoms with Crippen LogP contribution in [0.1, 0.15) is 28.9 Å². The summed E-state index contributed by atoms with van der Waals surface area (Å²) in [5.74, 6) is -0.675. The smallest absolute Gasteiger partial charge is 0.325 e. The van der Waals surface area contributed by atoms with Crippen LogP contribution in [0.15, 0.2) is 30.5 Å². The van der Waals surface area contributed by atoms with E-state index in [1.54, 1.807) is 24.3 Å². The molecule has 1 aliphatic rings. The number of nitrogens with zero attached hydrogens (tertiary/aromatic N) is 3. The highest BCUT2D eigenvalue weighted by molar-refractivity contribution is 5.94. The van der Waals surface area contributed by atoms with Crippen LogP contribution < -0.4 is 10.1 Å². The predicted octanol–water partition coefficient (Wildman–Crippen LogP) is 0.850. The first kappa shape index (κ1) is 17.9. The number of benzene rings is 1. The Morgan fingerprint density at radius 2 is 2.31 bits per heavy atom. The van der Waals surface area contributed by atoms with Gasteiger partial charge in [0.1, 0.15) is 24.6 Å². The Hall–Kier alpha value is -2.94. The first-order chi connectivity index (χ1) is 12.6. The van der Waals surface area contributed by atoms with Crippen molar-refractivity contribution in [2.45, 2.75) is 32.0 Å². The molecule has 0 bridgehead atoms. The first-order valence-corrected chi connectivity index (χ1v) is 8.33. The second-order valence-corrected chi connectivity index (χ2v) is 5.96. The van der Waals surface area contributed by atoms with Gasteiger partial charge in [-0.1, -0.05) is 11.3 Å². The summed E-state index contributed by atoms with van der Waals surface area (Å²) in [6.07, 6.45) is 3.63. The lowest BCUT2D eigenvalue weighted by Gasteiger charge is -2.12. The molecule has 1 amide bonds. The van der Waals surface area contributed by atoms with E-state index in [0.29, 0.717) is 23.6 Å². The number of rotatable bonds is 8. The van der Waals surface area contributed by atoms with Crippen molar-refractivity contribution in [2.75, 3.05) is 13.2 Å². The molecule has 138 valence electrons. The molecule has 1 aromatic heterocycles. The number of carboxylic acids is 1. The highest BCUT2D eigenvalue weighted by Crippen LogP contribution is 2.17. The zero-order chi connectivity index (χ0) is 18.4. The first-order valence-electron chi connectivity index (χ1n) is 8.33. The third kappa shape index (κ3) is 5.03. The van der Waals surface area contributed by atoms with Crippen LogP contribution in [0.25, 0.3) is 0 Å². The normalized spacial score (nSPS) is 16.4. The van der Waals surface area contributed by atoms with Crippen LogP contribution in [-0.4, -0.2) is 51.3 Å². The number of carbonyl (C=O) groups excluding carboxylic acids is 1. The van der Waals surface area contributed by atoms with Gasteiger partial charge in [0, 0.05) is 12.2 Å². The van der Waals surface area contributed by atoms with Gasteiger partial charge in [-0.3, -0.25) is 9.59 Å². The lowest BCUT2D eigenvalue weighted by Crippen LogP contribution is -2.23. The van der Waals surface area contributed by atoms with Gasteiger partial charge in [0.15, 0.2) is 0 Å². The maximum absolute atomic E-state index is 12.3. The maximum atomic E-state index is 12.3. The number of aromatic nitrogens is 3. The number of nitrogens with one attached hydrogen (secondary N) is 1. The van der Waals surface area contributed by atoms with Crippen molar-refractivity contribution in [3.05, 3.63) is 41.7 Å². The zero-order valence-electron chi connectivity index (χ0n) is 14.1. The minimum atomic E-state index is -1.01. The minimum absolute atomic E-state index is 0.112. The van der Waals surface area contributed by atoms with Crippen LogP contribution in [0.5, 0.6) is 5.75 Å². The number of hydrogen-bond acceptors (Lipinski definition) is 6. The molecular formula is C17H20N4O5. The Labute approximate surface area is 149 Å². The number of carbonyl (C=O) groups is 2. The summed E-state index contributed by atoms with van der Waals surface area (Å²) < 4.78 is 12.4. The molecule has 1 aromatic carbocycles. The fraction of sp³-hybridized carbons (Fsp3) is 0.412. The van der Waals surface area contributed by atoms with E-state index >= 15 is 0 Å². The van der Waals surface area contributed by atoms with E-state index in [0.717, 1.165) is 19.4 Å². The monoisotopic (exact) mass is 360 g/mol. The standard InChI is InChI=1S/C17H20N4O5/c22-16(23)10-21-9-13(19-20-21)8-18-17(24)12-3-1-4-14(7-12)26-11-15-5-2-6-25-15/h1,3-4,7,9,15H,2,5-6,8,10-11H2,(H,18,24)(H,22,23). The van der Waals surface area contributed by atoms with Crippen molar-refractivity contribution in [1.82, 2.24) is 20.3 Å². The molecule has 1 aliphatic heterocycles. The summed E-state index contributed by atoms with van der Waals surface area (Å²) in [6, 6.07) is 6.91. The van der Waals surface area contributed by atoms with E-state index in [4.69, 9.17) is 14.6 Å². The molecule has 1 fully saturated rings. The van der Waals surface area contributed by atoms with Gasteiger partial charge < -0.3 is 19.9 Å². The van der Waals surface area contributed by atoms with Gasteiger partial charge >= 0.3 is 5.97 Å². The lowest BCUT2D eigenvalue weighted by atomic mass is 10.2.